The summed E-state index contributed by atoms with van der Waals surface area (Å²) in [4.78, 5) is 10.2. The van der Waals surface area contributed by atoms with E-state index in [-0.39, 0.29) is 6.17 Å². The second-order valence-corrected chi connectivity index (χ2v) is 15.7. The summed E-state index contributed by atoms with van der Waals surface area (Å²) in [6.45, 7) is 0. The number of nitrogens with zero attached hydrogens (tertiary/aromatic N) is 3. The summed E-state index contributed by atoms with van der Waals surface area (Å²) in [5, 5.41) is 10.8. The number of thiophene rings is 1. The first-order valence-corrected chi connectivity index (χ1v) is 20.0. The van der Waals surface area contributed by atoms with E-state index in [4.69, 9.17) is 14.4 Å². The first kappa shape index (κ1) is 32.0. The molecule has 0 bridgehead atoms. The normalized spacial score (nSPS) is 14.5. The van der Waals surface area contributed by atoms with Crippen LogP contribution in [0.5, 0.6) is 0 Å². The molecule has 57 heavy (non-hydrogen) atoms. The average Bonchev–Trinajstić information content (AvgIpc) is 3.95. The Kier molecular flexibility index (Phi) is 7.09. The molecule has 268 valence electrons. The Labute approximate surface area is 331 Å². The lowest BCUT2D eigenvalue weighted by Crippen LogP contribution is -2.33. The van der Waals surface area contributed by atoms with Crippen molar-refractivity contribution in [1.82, 2.24) is 9.88 Å². The highest BCUT2D eigenvalue weighted by molar-refractivity contribution is 7.25. The SMILES string of the molecule is c1ccc(C2=NC(c3ccccc3)NC(c3cccc4oc5ccc(-c6ccc7c(c6)sc6ccc(-n8c9ccccc9c9ccccc98)cc67)cc5c34)=N2)cc1. The number of nitrogens with one attached hydrogen (secondary N) is 1. The van der Waals surface area contributed by atoms with Crippen molar-refractivity contribution in [2.75, 3.05) is 0 Å². The van der Waals surface area contributed by atoms with E-state index in [1.54, 1.807) is 0 Å². The van der Waals surface area contributed by atoms with Gasteiger partial charge in [-0.2, -0.15) is 0 Å². The molecule has 0 aliphatic carbocycles. The predicted molar refractivity (Wildman–Crippen MR) is 238 cm³/mol. The van der Waals surface area contributed by atoms with Crippen molar-refractivity contribution in [1.29, 1.82) is 0 Å². The Balaban J connectivity index is 0.963. The van der Waals surface area contributed by atoms with E-state index in [0.717, 1.165) is 50.0 Å². The second kappa shape index (κ2) is 12.6. The van der Waals surface area contributed by atoms with Crippen molar-refractivity contribution in [3.63, 3.8) is 0 Å². The Hall–Kier alpha value is -7.28. The first-order valence-electron chi connectivity index (χ1n) is 19.2. The highest BCUT2D eigenvalue weighted by atomic mass is 32.1. The van der Waals surface area contributed by atoms with E-state index in [1.165, 1.54) is 53.2 Å². The maximum Gasteiger partial charge on any atom is 0.159 e. The van der Waals surface area contributed by atoms with Gasteiger partial charge < -0.3 is 14.3 Å². The quantitative estimate of drug-likeness (QED) is 0.191. The topological polar surface area (TPSA) is 54.8 Å². The molecule has 1 atom stereocenters. The molecule has 1 N–H and O–H groups in total. The van der Waals surface area contributed by atoms with Gasteiger partial charge in [-0.05, 0) is 71.3 Å². The molecular weight excluding hydrogens is 717 g/mol. The minimum Gasteiger partial charge on any atom is -0.456 e. The van der Waals surface area contributed by atoms with Gasteiger partial charge in [-0.15, -0.1) is 11.3 Å². The molecule has 0 amide bonds. The Morgan fingerprint density at radius 2 is 1.23 bits per heavy atom. The average molecular weight is 749 g/mol. The van der Waals surface area contributed by atoms with Gasteiger partial charge in [0.1, 0.15) is 23.2 Å². The minimum atomic E-state index is -0.288. The molecule has 0 radical (unpaired) electrons. The van der Waals surface area contributed by atoms with Crippen LogP contribution in [0.1, 0.15) is 22.9 Å². The van der Waals surface area contributed by atoms with E-state index in [2.05, 4.69) is 143 Å². The van der Waals surface area contributed by atoms with Crippen LogP contribution in [0.2, 0.25) is 0 Å². The van der Waals surface area contributed by atoms with Crippen molar-refractivity contribution in [2.45, 2.75) is 6.17 Å². The fourth-order valence-electron chi connectivity index (χ4n) is 8.60. The zero-order valence-corrected chi connectivity index (χ0v) is 31.4. The third kappa shape index (κ3) is 5.15. The molecule has 11 aromatic rings. The maximum atomic E-state index is 6.49. The van der Waals surface area contributed by atoms with E-state index in [0.29, 0.717) is 5.84 Å². The highest BCUT2D eigenvalue weighted by Gasteiger charge is 2.24. The molecule has 1 aliphatic heterocycles. The van der Waals surface area contributed by atoms with Crippen molar-refractivity contribution >= 4 is 86.9 Å². The largest absolute Gasteiger partial charge is 0.456 e. The van der Waals surface area contributed by atoms with Crippen molar-refractivity contribution in [3.8, 4) is 16.8 Å². The summed E-state index contributed by atoms with van der Waals surface area (Å²) < 4.78 is 11.4. The molecule has 3 aromatic heterocycles. The minimum absolute atomic E-state index is 0.288. The fraction of sp³-hybridized carbons (Fsp3) is 0.0196. The molecule has 1 unspecified atom stereocenters. The number of para-hydroxylation sites is 2. The van der Waals surface area contributed by atoms with Crippen LogP contribution in [0.25, 0.3) is 80.7 Å². The Morgan fingerprint density at radius 1 is 0.509 bits per heavy atom. The van der Waals surface area contributed by atoms with Crippen LogP contribution in [0.4, 0.5) is 0 Å². The number of hydrogen-bond acceptors (Lipinski definition) is 5. The number of aromatic nitrogens is 1. The second-order valence-electron chi connectivity index (χ2n) is 14.6. The Bertz CT molecular complexity index is 3390. The van der Waals surface area contributed by atoms with Crippen LogP contribution >= 0.6 is 11.3 Å². The molecule has 0 saturated carbocycles. The number of furan rings is 1. The van der Waals surface area contributed by atoms with Gasteiger partial charge in [0.15, 0.2) is 5.84 Å². The van der Waals surface area contributed by atoms with E-state index in [1.807, 2.05) is 59.9 Å². The van der Waals surface area contributed by atoms with Crippen molar-refractivity contribution in [3.05, 3.63) is 199 Å². The number of benzene rings is 8. The van der Waals surface area contributed by atoms with Crippen LogP contribution in [-0.4, -0.2) is 16.2 Å². The van der Waals surface area contributed by atoms with Crippen LogP contribution < -0.4 is 5.32 Å². The van der Waals surface area contributed by atoms with E-state index >= 15 is 0 Å². The van der Waals surface area contributed by atoms with Gasteiger partial charge >= 0.3 is 0 Å². The predicted octanol–water partition coefficient (Wildman–Crippen LogP) is 13.2. The number of hydrogen-bond donors (Lipinski definition) is 1. The lowest BCUT2D eigenvalue weighted by Gasteiger charge is -2.24. The van der Waals surface area contributed by atoms with Gasteiger partial charge in [0, 0.05) is 58.5 Å². The maximum absolute atomic E-state index is 6.49. The molecule has 6 heteroatoms. The summed E-state index contributed by atoms with van der Waals surface area (Å²) in [6.07, 6.45) is -0.288. The molecule has 5 nitrogen and oxygen atoms in total. The summed E-state index contributed by atoms with van der Waals surface area (Å²) in [5.41, 5.74) is 10.6. The summed E-state index contributed by atoms with van der Waals surface area (Å²) >= 11 is 1.85. The number of rotatable bonds is 5. The lowest BCUT2D eigenvalue weighted by atomic mass is 9.99. The molecule has 0 spiro atoms. The number of amidine groups is 2. The summed E-state index contributed by atoms with van der Waals surface area (Å²) in [6, 6.07) is 64.4. The third-order valence-corrected chi connectivity index (χ3v) is 12.4. The van der Waals surface area contributed by atoms with E-state index < -0.39 is 0 Å². The zero-order valence-electron chi connectivity index (χ0n) is 30.6. The zero-order chi connectivity index (χ0) is 37.5. The molecular formula is C51H32N4OS. The monoisotopic (exact) mass is 748 g/mol. The van der Waals surface area contributed by atoms with Gasteiger partial charge in [-0.1, -0.05) is 127 Å². The molecule has 8 aromatic carbocycles. The van der Waals surface area contributed by atoms with Crippen LogP contribution in [0, 0.1) is 0 Å². The summed E-state index contributed by atoms with van der Waals surface area (Å²) in [5.74, 6) is 1.46. The Morgan fingerprint density at radius 3 is 2.04 bits per heavy atom. The van der Waals surface area contributed by atoms with Gasteiger partial charge in [0.05, 0.1) is 11.0 Å². The smallest absolute Gasteiger partial charge is 0.159 e. The van der Waals surface area contributed by atoms with Gasteiger partial charge in [-0.3, -0.25) is 0 Å². The third-order valence-electron chi connectivity index (χ3n) is 11.3. The highest BCUT2D eigenvalue weighted by Crippen LogP contribution is 2.41. The van der Waals surface area contributed by atoms with Gasteiger partial charge in [-0.25, -0.2) is 9.98 Å². The standard InChI is InChI=1S/C51H32N4OS/c1-3-12-31(13-4-1)49-52-50(32-14-5-2-6-15-32)54-51(53-49)39-18-11-21-45-48(39)41-28-33(23-26-44(41)56-45)34-22-25-38-40-30-35(24-27-46(40)57-47(38)29-34)55-42-19-9-7-16-36(42)37-17-8-10-20-43(37)55/h1-30,49H,(H,52,53,54). The molecule has 4 heterocycles. The summed E-state index contributed by atoms with van der Waals surface area (Å²) in [7, 11) is 0. The van der Waals surface area contributed by atoms with Crippen LogP contribution in [0.3, 0.4) is 0 Å². The molecule has 0 fully saturated rings. The van der Waals surface area contributed by atoms with Gasteiger partial charge in [0.2, 0.25) is 0 Å². The molecule has 0 saturated heterocycles. The van der Waals surface area contributed by atoms with Crippen molar-refractivity contribution in [2.24, 2.45) is 9.98 Å². The fourth-order valence-corrected chi connectivity index (χ4v) is 9.72. The van der Waals surface area contributed by atoms with Crippen LogP contribution in [0.15, 0.2) is 196 Å². The lowest BCUT2D eigenvalue weighted by molar-refractivity contribution is 0.668. The van der Waals surface area contributed by atoms with Crippen molar-refractivity contribution < 1.29 is 4.42 Å². The first-order chi connectivity index (χ1) is 28.2. The molecule has 12 rings (SSSR count). The van der Waals surface area contributed by atoms with Gasteiger partial charge in [0.25, 0.3) is 0 Å². The van der Waals surface area contributed by atoms with Crippen LogP contribution in [-0.2, 0) is 0 Å². The number of aliphatic imine (C=N–C) groups is 2. The van der Waals surface area contributed by atoms with E-state index in [9.17, 15) is 0 Å². The molecule has 1 aliphatic rings. The number of fused-ring (bicyclic) bond motifs is 9.